The van der Waals surface area contributed by atoms with Gasteiger partial charge in [0, 0.05) is 5.97 Å². The first kappa shape index (κ1) is 22.6. The van der Waals surface area contributed by atoms with Gasteiger partial charge in [0.15, 0.2) is 0 Å². The number of carboxylic acid groups (broad SMARTS) is 1. The molecule has 0 aliphatic rings. The number of hydrogen-bond donors (Lipinski definition) is 0. The van der Waals surface area contributed by atoms with Gasteiger partial charge in [-0.3, -0.25) is 0 Å². The summed E-state index contributed by atoms with van der Waals surface area (Å²) in [6.07, 6.45) is 0. The zero-order valence-electron chi connectivity index (χ0n) is 6.33. The third-order valence-electron chi connectivity index (χ3n) is 0. The molecule has 0 aliphatic heterocycles. The summed E-state index contributed by atoms with van der Waals surface area (Å²) in [5, 5.41) is 8.89. The Hall–Kier alpha value is 0.795. The summed E-state index contributed by atoms with van der Waals surface area (Å²) in [7, 11) is -4.94. The second-order valence-electron chi connectivity index (χ2n) is 0.870. The maximum atomic E-state index is 8.89. The summed E-state index contributed by atoms with van der Waals surface area (Å²) in [4.78, 5) is 8.89. The maximum absolute atomic E-state index is 8.89. The molecule has 56 valence electrons. The zero-order valence-corrected chi connectivity index (χ0v) is 7.08. The molecule has 0 aromatic heterocycles. The fraction of sp³-hybridized carbons (Fsp3) is 0.500. The van der Waals surface area contributed by atoms with E-state index >= 15 is 0 Å². The summed E-state index contributed by atoms with van der Waals surface area (Å²) in [6.45, 7) is 0.972. The molecule has 0 spiro atoms. The van der Waals surface area contributed by atoms with Crippen molar-refractivity contribution in [2.24, 2.45) is 0 Å². The number of aliphatic carboxylic acids is 1. The second-order valence-corrected chi connectivity index (χ2v) is 1.63. The van der Waals surface area contributed by atoms with Crippen LogP contribution in [-0.2, 0) is 4.79 Å². The van der Waals surface area contributed by atoms with Crippen molar-refractivity contribution in [3.8, 4) is 0 Å². The molecular weight excluding hydrogens is 169 g/mol. The van der Waals surface area contributed by atoms with Crippen molar-refractivity contribution in [3.05, 3.63) is 0 Å². The molecule has 0 unspecified atom stereocenters. The molecule has 0 amide bonds. The van der Waals surface area contributed by atoms with Gasteiger partial charge in [-0.25, -0.2) is 18.6 Å². The van der Waals surface area contributed by atoms with Gasteiger partial charge in [0.2, 0.25) is 0 Å². The standard InChI is InChI=1S/C2H4O2.ClHO4.2Li/c1-2(3)4;2-1(3,4)5;;/h1H3,(H,3,4);(H,2,3,4,5);;/q;;2*+1/p-2. The Labute approximate surface area is 89.3 Å². The monoisotopic (exact) mass is 172 g/mol. The van der Waals surface area contributed by atoms with Crippen molar-refractivity contribution in [1.29, 1.82) is 0 Å². The van der Waals surface area contributed by atoms with E-state index in [2.05, 4.69) is 0 Å². The predicted octanol–water partition coefficient (Wildman–Crippen LogP) is -12.0. The van der Waals surface area contributed by atoms with Gasteiger partial charge in [0.05, 0.1) is 0 Å². The molecule has 0 saturated carbocycles. The molecule has 6 nitrogen and oxygen atoms in total. The van der Waals surface area contributed by atoms with Crippen molar-refractivity contribution < 1.29 is 76.5 Å². The number of carbonyl (C=O) groups is 1. The Bertz CT molecular complexity index is 81.1. The Morgan fingerprint density at radius 1 is 1.09 bits per heavy atom. The van der Waals surface area contributed by atoms with Crippen LogP contribution >= 0.6 is 0 Å². The van der Waals surface area contributed by atoms with Crippen LogP contribution in [0.1, 0.15) is 6.92 Å². The van der Waals surface area contributed by atoms with Crippen molar-refractivity contribution in [1.82, 2.24) is 0 Å². The van der Waals surface area contributed by atoms with Gasteiger partial charge in [-0.2, -0.15) is 0 Å². The average Bonchev–Trinajstić information content (AvgIpc) is 1.19. The van der Waals surface area contributed by atoms with Crippen LogP contribution in [0.5, 0.6) is 0 Å². The quantitative estimate of drug-likeness (QED) is 0.333. The smallest absolute Gasteiger partial charge is 0.550 e. The Balaban J connectivity index is -0.0000000383. The predicted molar refractivity (Wildman–Crippen MR) is 10.7 cm³/mol. The van der Waals surface area contributed by atoms with E-state index in [1.807, 2.05) is 0 Å². The summed E-state index contributed by atoms with van der Waals surface area (Å²) >= 11 is 0. The summed E-state index contributed by atoms with van der Waals surface area (Å²) in [5.74, 6) is -1.08. The first-order valence-electron chi connectivity index (χ1n) is 1.53. The van der Waals surface area contributed by atoms with Crippen LogP contribution in [0, 0.1) is 10.2 Å². The van der Waals surface area contributed by atoms with E-state index in [1.54, 1.807) is 0 Å². The molecule has 0 heterocycles. The molecule has 0 aliphatic carbocycles. The number of carbonyl (C=O) groups excluding carboxylic acids is 1. The second kappa shape index (κ2) is 10.8. The summed E-state index contributed by atoms with van der Waals surface area (Å²) < 4.78 is 34.0. The normalized spacial score (nSPS) is 7.73. The molecule has 9 heteroatoms. The van der Waals surface area contributed by atoms with E-state index < -0.39 is 16.2 Å². The van der Waals surface area contributed by atoms with Crippen LogP contribution in [0.15, 0.2) is 0 Å². The molecule has 11 heavy (non-hydrogen) atoms. The van der Waals surface area contributed by atoms with Crippen LogP contribution in [0.2, 0.25) is 0 Å². The third kappa shape index (κ3) is 1320. The topological polar surface area (TPSA) is 132 Å². The van der Waals surface area contributed by atoms with Crippen LogP contribution in [0.4, 0.5) is 0 Å². The maximum Gasteiger partial charge on any atom is 1.00 e. The first-order valence-corrected chi connectivity index (χ1v) is 2.76. The SMILES string of the molecule is CC(=O)[O-].[Li+].[Li+].[O-][Cl+3]([O-])([O-])[O-]. The number of carboxylic acids is 1. The molecule has 0 fully saturated rings. The molecule has 0 radical (unpaired) electrons. The molecule has 0 rings (SSSR count). The van der Waals surface area contributed by atoms with Gasteiger partial charge >= 0.3 is 37.7 Å². The average molecular weight is 172 g/mol. The van der Waals surface area contributed by atoms with Crippen molar-refractivity contribution in [2.75, 3.05) is 0 Å². The minimum absolute atomic E-state index is 0. The van der Waals surface area contributed by atoms with Crippen molar-refractivity contribution in [3.63, 3.8) is 0 Å². The minimum Gasteiger partial charge on any atom is -0.550 e. The van der Waals surface area contributed by atoms with Gasteiger partial charge in [-0.05, 0) is 6.92 Å². The molecule has 0 N–H and O–H groups in total. The van der Waals surface area contributed by atoms with E-state index in [9.17, 15) is 0 Å². The molecular formula is C2H3ClLi2O6. The number of hydrogen-bond acceptors (Lipinski definition) is 6. The fourth-order valence-corrected chi connectivity index (χ4v) is 0. The van der Waals surface area contributed by atoms with Gasteiger partial charge in [-0.15, -0.1) is 10.2 Å². The third-order valence-corrected chi connectivity index (χ3v) is 0. The number of rotatable bonds is 0. The Morgan fingerprint density at radius 3 is 1.09 bits per heavy atom. The molecule has 0 atom stereocenters. The number of halogens is 1. The van der Waals surface area contributed by atoms with E-state index in [-0.39, 0.29) is 37.7 Å². The van der Waals surface area contributed by atoms with Gasteiger partial charge in [0.1, 0.15) is 0 Å². The van der Waals surface area contributed by atoms with Crippen LogP contribution in [-0.4, -0.2) is 5.97 Å². The van der Waals surface area contributed by atoms with Crippen LogP contribution in [0.25, 0.3) is 0 Å². The van der Waals surface area contributed by atoms with E-state index in [0.717, 1.165) is 6.92 Å². The fourth-order valence-electron chi connectivity index (χ4n) is 0. The zero-order chi connectivity index (χ0) is 8.08. The molecule has 0 bridgehead atoms. The molecule has 0 saturated heterocycles. The van der Waals surface area contributed by atoms with E-state index in [4.69, 9.17) is 28.5 Å². The van der Waals surface area contributed by atoms with Crippen LogP contribution < -0.4 is 61.5 Å². The van der Waals surface area contributed by atoms with E-state index in [0.29, 0.717) is 0 Å². The van der Waals surface area contributed by atoms with E-state index in [1.165, 1.54) is 0 Å². The largest absolute Gasteiger partial charge is 1.00 e. The van der Waals surface area contributed by atoms with Gasteiger partial charge < -0.3 is 9.90 Å². The van der Waals surface area contributed by atoms with Gasteiger partial charge in [-0.1, -0.05) is 0 Å². The Kier molecular flexibility index (Phi) is 22.2. The van der Waals surface area contributed by atoms with Gasteiger partial charge in [0.25, 0.3) is 0 Å². The summed E-state index contributed by atoms with van der Waals surface area (Å²) in [5.41, 5.74) is 0. The summed E-state index contributed by atoms with van der Waals surface area (Å²) in [6, 6.07) is 0. The van der Waals surface area contributed by atoms with Crippen LogP contribution in [0.3, 0.4) is 0 Å². The first-order chi connectivity index (χ1) is 3.73. The van der Waals surface area contributed by atoms with Crippen molar-refractivity contribution >= 4 is 5.97 Å². The minimum atomic E-state index is -4.94. The molecule has 0 aromatic carbocycles. The Morgan fingerprint density at radius 2 is 1.09 bits per heavy atom. The van der Waals surface area contributed by atoms with Crippen molar-refractivity contribution in [2.45, 2.75) is 6.92 Å². The molecule has 0 aromatic rings.